The minimum atomic E-state index is -1.15. The Morgan fingerprint density at radius 2 is 1.52 bits per heavy atom. The second-order valence-electron chi connectivity index (χ2n) is 7.80. The van der Waals surface area contributed by atoms with Crippen LogP contribution in [0.2, 0.25) is 0 Å². The second kappa shape index (κ2) is 13.0. The number of hydrogen-bond acceptors (Lipinski definition) is 6. The third-order valence-electron chi connectivity index (χ3n) is 4.52. The van der Waals surface area contributed by atoms with Crippen LogP contribution in [0.5, 0.6) is 0 Å². The highest BCUT2D eigenvalue weighted by atomic mass is 32.1. The van der Waals surface area contributed by atoms with Crippen LogP contribution in [-0.2, 0) is 25.6 Å². The van der Waals surface area contributed by atoms with Crippen molar-refractivity contribution in [3.8, 4) is 0 Å². The fraction of sp³-hybridized carbons (Fsp3) is 0.524. The number of benzene rings is 1. The van der Waals surface area contributed by atoms with Gasteiger partial charge in [-0.1, -0.05) is 44.2 Å². The summed E-state index contributed by atoms with van der Waals surface area (Å²) < 4.78 is 0. The summed E-state index contributed by atoms with van der Waals surface area (Å²) in [5, 5.41) is 17.0. The van der Waals surface area contributed by atoms with E-state index in [1.807, 2.05) is 19.9 Å². The first kappa shape index (κ1) is 26.4. The monoisotopic (exact) mass is 452 g/mol. The Hall–Kier alpha value is -2.59. The van der Waals surface area contributed by atoms with Gasteiger partial charge in [0.1, 0.15) is 18.1 Å². The molecular weight excluding hydrogens is 420 g/mol. The molecule has 0 unspecified atom stereocenters. The van der Waals surface area contributed by atoms with E-state index in [1.54, 1.807) is 24.3 Å². The van der Waals surface area contributed by atoms with E-state index in [2.05, 4.69) is 28.6 Å². The van der Waals surface area contributed by atoms with E-state index in [0.717, 1.165) is 5.56 Å². The standard InChI is InChI=1S/C21H32N4O5S/c1-12(2)9-17(21(29)30)25-20(28)16(10-14-7-5-4-6-8-14)24-18(26)13(3)23-19(27)15(22)11-31/h4-8,12-13,15-17,31H,9-11,22H2,1-3H3,(H,23,27)(H,24,26)(H,25,28)(H,29,30)/t13-,15-,16-,17-/m0/s1. The van der Waals surface area contributed by atoms with Crippen LogP contribution in [0, 0.1) is 5.92 Å². The lowest BCUT2D eigenvalue weighted by Gasteiger charge is -2.24. The molecule has 0 fully saturated rings. The van der Waals surface area contributed by atoms with Crippen molar-refractivity contribution in [1.82, 2.24) is 16.0 Å². The van der Waals surface area contributed by atoms with Gasteiger partial charge in [-0.15, -0.1) is 0 Å². The minimum Gasteiger partial charge on any atom is -0.480 e. The number of nitrogens with two attached hydrogens (primary N) is 1. The minimum absolute atomic E-state index is 0.0508. The molecule has 0 aliphatic rings. The van der Waals surface area contributed by atoms with Crippen LogP contribution in [-0.4, -0.2) is 58.7 Å². The molecule has 3 amide bonds. The molecule has 4 atom stereocenters. The summed E-state index contributed by atoms with van der Waals surface area (Å²) in [6.45, 7) is 5.17. The predicted molar refractivity (Wildman–Crippen MR) is 121 cm³/mol. The van der Waals surface area contributed by atoms with E-state index in [4.69, 9.17) is 5.73 Å². The number of thiol groups is 1. The molecule has 0 spiro atoms. The van der Waals surface area contributed by atoms with Crippen LogP contribution in [0.4, 0.5) is 0 Å². The quantitative estimate of drug-likeness (QED) is 0.247. The first-order valence-corrected chi connectivity index (χ1v) is 10.7. The van der Waals surface area contributed by atoms with Gasteiger partial charge in [-0.3, -0.25) is 14.4 Å². The Labute approximate surface area is 187 Å². The van der Waals surface area contributed by atoms with Crippen LogP contribution < -0.4 is 21.7 Å². The normalized spacial score (nSPS) is 14.8. The molecule has 172 valence electrons. The van der Waals surface area contributed by atoms with Crippen LogP contribution in [0.3, 0.4) is 0 Å². The van der Waals surface area contributed by atoms with Gasteiger partial charge in [0.05, 0.1) is 6.04 Å². The third-order valence-corrected chi connectivity index (χ3v) is 4.92. The Balaban J connectivity index is 2.95. The van der Waals surface area contributed by atoms with Crippen LogP contribution >= 0.6 is 12.6 Å². The fourth-order valence-electron chi connectivity index (χ4n) is 2.79. The second-order valence-corrected chi connectivity index (χ2v) is 8.16. The van der Waals surface area contributed by atoms with Gasteiger partial charge in [-0.2, -0.15) is 12.6 Å². The molecule has 0 bridgehead atoms. The van der Waals surface area contributed by atoms with Gasteiger partial charge >= 0.3 is 5.97 Å². The molecule has 10 heteroatoms. The van der Waals surface area contributed by atoms with Crippen molar-refractivity contribution in [2.45, 2.75) is 57.8 Å². The van der Waals surface area contributed by atoms with Crippen molar-refractivity contribution < 1.29 is 24.3 Å². The number of hydrogen-bond donors (Lipinski definition) is 6. The Morgan fingerprint density at radius 1 is 0.935 bits per heavy atom. The van der Waals surface area contributed by atoms with Gasteiger partial charge in [-0.25, -0.2) is 4.79 Å². The van der Waals surface area contributed by atoms with Crippen molar-refractivity contribution in [2.24, 2.45) is 11.7 Å². The molecule has 31 heavy (non-hydrogen) atoms. The van der Waals surface area contributed by atoms with Crippen LogP contribution in [0.15, 0.2) is 30.3 Å². The summed E-state index contributed by atoms with van der Waals surface area (Å²) in [7, 11) is 0. The zero-order chi connectivity index (χ0) is 23.6. The van der Waals surface area contributed by atoms with Crippen LogP contribution in [0.25, 0.3) is 0 Å². The smallest absolute Gasteiger partial charge is 0.326 e. The van der Waals surface area contributed by atoms with Gasteiger partial charge in [-0.05, 0) is 24.8 Å². The number of carbonyl (C=O) groups is 4. The maximum atomic E-state index is 12.9. The summed E-state index contributed by atoms with van der Waals surface area (Å²) in [5.41, 5.74) is 6.38. The molecule has 1 rings (SSSR count). The van der Waals surface area contributed by atoms with E-state index in [-0.39, 0.29) is 24.5 Å². The molecule has 1 aromatic rings. The Kier molecular flexibility index (Phi) is 11.1. The number of carboxylic acids is 1. The Morgan fingerprint density at radius 3 is 2.03 bits per heavy atom. The summed E-state index contributed by atoms with van der Waals surface area (Å²) in [5.74, 6) is -2.72. The summed E-state index contributed by atoms with van der Waals surface area (Å²) in [6.07, 6.45) is 0.407. The molecule has 0 aliphatic carbocycles. The maximum absolute atomic E-state index is 12.9. The third kappa shape index (κ3) is 9.39. The van der Waals surface area contributed by atoms with Gasteiger partial charge in [0, 0.05) is 12.2 Å². The highest BCUT2D eigenvalue weighted by molar-refractivity contribution is 7.80. The predicted octanol–water partition coefficient (Wildman–Crippen LogP) is 0.0912. The van der Waals surface area contributed by atoms with Crippen molar-refractivity contribution >= 4 is 36.3 Å². The first-order chi connectivity index (χ1) is 14.5. The zero-order valence-corrected chi connectivity index (χ0v) is 18.9. The maximum Gasteiger partial charge on any atom is 0.326 e. The van der Waals surface area contributed by atoms with E-state index in [0.29, 0.717) is 0 Å². The summed E-state index contributed by atoms with van der Waals surface area (Å²) in [4.78, 5) is 48.9. The van der Waals surface area contributed by atoms with Crippen LogP contribution in [0.1, 0.15) is 32.8 Å². The van der Waals surface area contributed by atoms with Crippen molar-refractivity contribution in [3.05, 3.63) is 35.9 Å². The van der Waals surface area contributed by atoms with E-state index >= 15 is 0 Å². The molecular formula is C21H32N4O5S. The molecule has 0 saturated heterocycles. The fourth-order valence-corrected chi connectivity index (χ4v) is 2.96. The molecule has 9 nitrogen and oxygen atoms in total. The number of aliphatic carboxylic acids is 1. The van der Waals surface area contributed by atoms with Gasteiger partial charge < -0.3 is 26.8 Å². The Bertz CT molecular complexity index is 759. The number of carboxylic acid groups (broad SMARTS) is 1. The SMILES string of the molecule is CC(C)C[C@H](NC(=O)[C@H](Cc1ccccc1)NC(=O)[C@H](C)NC(=O)[C@@H](N)CS)C(=O)O. The lowest BCUT2D eigenvalue weighted by Crippen LogP contribution is -2.57. The molecule has 0 aromatic heterocycles. The van der Waals surface area contributed by atoms with Gasteiger partial charge in [0.15, 0.2) is 0 Å². The average molecular weight is 453 g/mol. The topological polar surface area (TPSA) is 151 Å². The zero-order valence-electron chi connectivity index (χ0n) is 18.0. The number of rotatable bonds is 12. The van der Waals surface area contributed by atoms with Crippen molar-refractivity contribution in [3.63, 3.8) is 0 Å². The highest BCUT2D eigenvalue weighted by Crippen LogP contribution is 2.08. The highest BCUT2D eigenvalue weighted by Gasteiger charge is 2.29. The number of carbonyl (C=O) groups excluding carboxylic acids is 3. The molecule has 0 saturated carbocycles. The number of nitrogens with one attached hydrogen (secondary N) is 3. The molecule has 1 aromatic carbocycles. The first-order valence-electron chi connectivity index (χ1n) is 10.1. The van der Waals surface area contributed by atoms with Gasteiger partial charge in [0.2, 0.25) is 17.7 Å². The largest absolute Gasteiger partial charge is 0.480 e. The summed E-state index contributed by atoms with van der Waals surface area (Å²) in [6, 6.07) is 5.10. The van der Waals surface area contributed by atoms with Crippen molar-refractivity contribution in [1.29, 1.82) is 0 Å². The molecule has 0 aliphatic heterocycles. The molecule has 0 heterocycles. The van der Waals surface area contributed by atoms with E-state index in [1.165, 1.54) is 6.92 Å². The number of amides is 3. The molecule has 0 radical (unpaired) electrons. The van der Waals surface area contributed by atoms with E-state index in [9.17, 15) is 24.3 Å². The van der Waals surface area contributed by atoms with Crippen molar-refractivity contribution in [2.75, 3.05) is 5.75 Å². The lowest BCUT2D eigenvalue weighted by molar-refractivity contribution is -0.142. The summed E-state index contributed by atoms with van der Waals surface area (Å²) >= 11 is 3.95. The van der Waals surface area contributed by atoms with E-state index < -0.39 is 47.9 Å². The molecule has 6 N–H and O–H groups in total. The average Bonchev–Trinajstić information content (AvgIpc) is 2.72. The lowest BCUT2D eigenvalue weighted by atomic mass is 10.0. The van der Waals surface area contributed by atoms with Gasteiger partial charge in [0.25, 0.3) is 0 Å².